The van der Waals surface area contributed by atoms with Gasteiger partial charge in [0.1, 0.15) is 0 Å². The van der Waals surface area contributed by atoms with Crippen molar-refractivity contribution in [3.05, 3.63) is 0 Å². The molecule has 0 spiro atoms. The van der Waals surface area contributed by atoms with E-state index >= 15 is 0 Å². The number of halogens is 3. The molecule has 2 rings (SSSR count). The van der Waals surface area contributed by atoms with Crippen LogP contribution in [0.1, 0.15) is 77.6 Å². The average molecular weight is 380 g/mol. The van der Waals surface area contributed by atoms with E-state index in [0.29, 0.717) is 31.7 Å². The van der Waals surface area contributed by atoms with E-state index in [-0.39, 0.29) is 18.6 Å². The van der Waals surface area contributed by atoms with Crippen LogP contribution in [0.4, 0.5) is 13.2 Å². The molecule has 3 nitrogen and oxygen atoms in total. The fourth-order valence-corrected chi connectivity index (χ4v) is 3.89. The lowest BCUT2D eigenvalue weighted by molar-refractivity contribution is -0.232. The fraction of sp³-hybridized carbons (Fsp3) is 1.00. The SMILES string of the molecule is CCCCCCO[C@H]1CC[C@H]([C@H]2OC[C@H](CCCC(F)(F)F)CO2)CC1. The van der Waals surface area contributed by atoms with Crippen molar-refractivity contribution in [3.63, 3.8) is 0 Å². The third-order valence-electron chi connectivity index (χ3n) is 5.52. The molecule has 1 aliphatic heterocycles. The Morgan fingerprint density at radius 3 is 2.23 bits per heavy atom. The molecule has 0 bridgehead atoms. The van der Waals surface area contributed by atoms with Crippen molar-refractivity contribution in [1.29, 1.82) is 0 Å². The Balaban J connectivity index is 1.54. The second kappa shape index (κ2) is 11.5. The Labute approximate surface area is 155 Å². The predicted octanol–water partition coefficient (Wildman–Crippen LogP) is 5.86. The van der Waals surface area contributed by atoms with Crippen molar-refractivity contribution in [1.82, 2.24) is 0 Å². The molecule has 1 heterocycles. The lowest BCUT2D eigenvalue weighted by Gasteiger charge is -2.37. The maximum Gasteiger partial charge on any atom is 0.389 e. The monoisotopic (exact) mass is 380 g/mol. The summed E-state index contributed by atoms with van der Waals surface area (Å²) >= 11 is 0. The maximum atomic E-state index is 12.2. The van der Waals surface area contributed by atoms with Gasteiger partial charge in [-0.3, -0.25) is 0 Å². The molecule has 154 valence electrons. The zero-order chi connectivity index (χ0) is 18.8. The van der Waals surface area contributed by atoms with Crippen LogP contribution in [0.3, 0.4) is 0 Å². The maximum absolute atomic E-state index is 12.2. The normalized spacial score (nSPS) is 30.5. The average Bonchev–Trinajstić information content (AvgIpc) is 2.62. The Morgan fingerprint density at radius 1 is 0.923 bits per heavy atom. The van der Waals surface area contributed by atoms with Crippen molar-refractivity contribution in [2.24, 2.45) is 11.8 Å². The van der Waals surface area contributed by atoms with Gasteiger partial charge in [0.05, 0.1) is 19.3 Å². The number of rotatable bonds is 10. The summed E-state index contributed by atoms with van der Waals surface area (Å²) in [4.78, 5) is 0. The molecule has 0 aromatic carbocycles. The summed E-state index contributed by atoms with van der Waals surface area (Å²) in [5.41, 5.74) is 0. The summed E-state index contributed by atoms with van der Waals surface area (Å²) in [7, 11) is 0. The van der Waals surface area contributed by atoms with Crippen LogP contribution in [0.2, 0.25) is 0 Å². The topological polar surface area (TPSA) is 27.7 Å². The molecule has 0 atom stereocenters. The van der Waals surface area contributed by atoms with Gasteiger partial charge >= 0.3 is 6.18 Å². The van der Waals surface area contributed by atoms with Crippen molar-refractivity contribution in [2.45, 2.75) is 96.1 Å². The van der Waals surface area contributed by atoms with Crippen molar-refractivity contribution in [3.8, 4) is 0 Å². The van der Waals surface area contributed by atoms with Crippen LogP contribution in [0.5, 0.6) is 0 Å². The number of hydrogen-bond acceptors (Lipinski definition) is 3. The predicted molar refractivity (Wildman–Crippen MR) is 94.9 cm³/mol. The van der Waals surface area contributed by atoms with Crippen LogP contribution in [-0.2, 0) is 14.2 Å². The van der Waals surface area contributed by atoms with Gasteiger partial charge in [-0.1, -0.05) is 26.2 Å². The zero-order valence-electron chi connectivity index (χ0n) is 16.1. The van der Waals surface area contributed by atoms with Crippen molar-refractivity contribution >= 4 is 0 Å². The first-order valence-electron chi connectivity index (χ1n) is 10.4. The molecule has 26 heavy (non-hydrogen) atoms. The lowest BCUT2D eigenvalue weighted by Crippen LogP contribution is -2.39. The molecule has 1 aliphatic carbocycles. The molecular formula is C20H35F3O3. The Kier molecular flexibility index (Phi) is 9.71. The van der Waals surface area contributed by atoms with Gasteiger partial charge in [0.25, 0.3) is 0 Å². The molecule has 0 radical (unpaired) electrons. The third kappa shape index (κ3) is 8.57. The minimum Gasteiger partial charge on any atom is -0.378 e. The van der Waals surface area contributed by atoms with E-state index in [1.165, 1.54) is 19.3 Å². The van der Waals surface area contributed by atoms with E-state index in [0.717, 1.165) is 38.7 Å². The van der Waals surface area contributed by atoms with Crippen molar-refractivity contribution < 1.29 is 27.4 Å². The summed E-state index contributed by atoms with van der Waals surface area (Å²) in [5, 5.41) is 0. The Bertz CT molecular complexity index is 360. The van der Waals surface area contributed by atoms with Crippen LogP contribution in [0.15, 0.2) is 0 Å². The lowest BCUT2D eigenvalue weighted by atomic mass is 9.86. The Hall–Kier alpha value is -0.330. The molecule has 0 aromatic rings. The van der Waals surface area contributed by atoms with E-state index in [2.05, 4.69) is 6.92 Å². The van der Waals surface area contributed by atoms with Gasteiger partial charge in [0.15, 0.2) is 6.29 Å². The molecule has 0 N–H and O–H groups in total. The van der Waals surface area contributed by atoms with Gasteiger partial charge in [-0.25, -0.2) is 0 Å². The zero-order valence-corrected chi connectivity index (χ0v) is 16.1. The van der Waals surface area contributed by atoms with E-state index in [1.54, 1.807) is 0 Å². The summed E-state index contributed by atoms with van der Waals surface area (Å²) in [5.74, 6) is 0.488. The summed E-state index contributed by atoms with van der Waals surface area (Å²) in [6.45, 7) is 4.13. The first-order chi connectivity index (χ1) is 12.5. The second-order valence-corrected chi connectivity index (χ2v) is 7.88. The first-order valence-corrected chi connectivity index (χ1v) is 10.4. The summed E-state index contributed by atoms with van der Waals surface area (Å²) in [6, 6.07) is 0. The largest absolute Gasteiger partial charge is 0.389 e. The summed E-state index contributed by atoms with van der Waals surface area (Å²) in [6.07, 6.45) is 5.21. The minimum atomic E-state index is -4.06. The third-order valence-corrected chi connectivity index (χ3v) is 5.52. The van der Waals surface area contributed by atoms with Gasteiger partial charge in [-0.05, 0) is 44.9 Å². The quantitative estimate of drug-likeness (QED) is 0.444. The Morgan fingerprint density at radius 2 is 1.62 bits per heavy atom. The van der Waals surface area contributed by atoms with Gasteiger partial charge in [0, 0.05) is 24.9 Å². The highest BCUT2D eigenvalue weighted by molar-refractivity contribution is 4.77. The highest BCUT2D eigenvalue weighted by Crippen LogP contribution is 2.33. The van der Waals surface area contributed by atoms with Gasteiger partial charge in [-0.15, -0.1) is 0 Å². The van der Waals surface area contributed by atoms with E-state index in [1.807, 2.05) is 0 Å². The second-order valence-electron chi connectivity index (χ2n) is 7.88. The molecule has 0 amide bonds. The molecule has 0 unspecified atom stereocenters. The summed E-state index contributed by atoms with van der Waals surface area (Å²) < 4.78 is 54.3. The van der Waals surface area contributed by atoms with E-state index in [4.69, 9.17) is 14.2 Å². The van der Waals surface area contributed by atoms with E-state index in [9.17, 15) is 13.2 Å². The number of ether oxygens (including phenoxy) is 3. The fourth-order valence-electron chi connectivity index (χ4n) is 3.89. The van der Waals surface area contributed by atoms with Gasteiger partial charge in [-0.2, -0.15) is 13.2 Å². The molecule has 1 saturated heterocycles. The standard InChI is InChI=1S/C20H35F3O3/c1-2-3-4-5-13-24-18-10-8-17(9-11-18)19-25-14-16(15-26-19)7-6-12-20(21,22)23/h16-19H,2-15H2,1H3/t16-,17-,18-,19-. The van der Waals surface area contributed by atoms with Crippen LogP contribution < -0.4 is 0 Å². The number of alkyl halides is 3. The molecular weight excluding hydrogens is 345 g/mol. The first kappa shape index (κ1) is 22.0. The van der Waals surface area contributed by atoms with Crippen molar-refractivity contribution in [2.75, 3.05) is 19.8 Å². The highest BCUT2D eigenvalue weighted by atomic mass is 19.4. The van der Waals surface area contributed by atoms with Crippen LogP contribution in [0, 0.1) is 11.8 Å². The molecule has 6 heteroatoms. The number of unbranched alkanes of at least 4 members (excludes halogenated alkanes) is 3. The molecule has 0 aromatic heterocycles. The smallest absolute Gasteiger partial charge is 0.378 e. The molecule has 2 aliphatic rings. The minimum absolute atomic E-state index is 0.0939. The van der Waals surface area contributed by atoms with Crippen LogP contribution >= 0.6 is 0 Å². The van der Waals surface area contributed by atoms with Gasteiger partial charge < -0.3 is 14.2 Å². The number of hydrogen-bond donors (Lipinski definition) is 0. The molecule has 2 fully saturated rings. The molecule has 1 saturated carbocycles. The van der Waals surface area contributed by atoms with Gasteiger partial charge in [0.2, 0.25) is 0 Å². The highest BCUT2D eigenvalue weighted by Gasteiger charge is 2.33. The van der Waals surface area contributed by atoms with Crippen LogP contribution in [-0.4, -0.2) is 38.4 Å². The van der Waals surface area contributed by atoms with E-state index < -0.39 is 12.6 Å². The van der Waals surface area contributed by atoms with Crippen LogP contribution in [0.25, 0.3) is 0 Å².